The molecule has 0 radical (unpaired) electrons. The molecule has 0 aliphatic rings. The van der Waals surface area contributed by atoms with Crippen LogP contribution < -0.4 is 48.0 Å². The molecule has 1 unspecified atom stereocenters. The third-order valence-corrected chi connectivity index (χ3v) is 0.591. The second kappa shape index (κ2) is 29.1. The molecule has 0 saturated carbocycles. The molecule has 0 fully saturated rings. The first-order chi connectivity index (χ1) is 10.3. The van der Waals surface area contributed by atoms with Crippen molar-refractivity contribution in [3.63, 3.8) is 0 Å². The topological polar surface area (TPSA) is 291 Å². The van der Waals surface area contributed by atoms with Gasteiger partial charge in [0.05, 0.1) is 6.10 Å². The number of hydrogen-bond donors (Lipinski definition) is 3. The van der Waals surface area contributed by atoms with Gasteiger partial charge in [-0.05, 0) is 13.3 Å². The Balaban J connectivity index is -0.0000000238. The monoisotopic (exact) mass is 544 g/mol. The quantitative estimate of drug-likeness (QED) is 0.258. The van der Waals surface area contributed by atoms with Gasteiger partial charge >= 0.3 is 75.1 Å². The molecule has 0 spiro atoms. The van der Waals surface area contributed by atoms with E-state index in [2.05, 4.69) is 23.1 Å². The summed E-state index contributed by atoms with van der Waals surface area (Å²) < 4.78 is 0. The Kier molecular flexibility index (Phi) is 58.3. The molecule has 0 heterocycles. The van der Waals surface area contributed by atoms with Crippen molar-refractivity contribution in [3.8, 4) is 0 Å². The number of hydrogen-bond acceptors (Lipinski definition) is 13. The predicted octanol–water partition coefficient (Wildman–Crippen LogP) is -12.9. The molecule has 3 N–H and O–H groups in total. The van der Waals surface area contributed by atoms with Gasteiger partial charge in [-0.3, -0.25) is 0 Å². The van der Waals surface area contributed by atoms with Gasteiger partial charge in [0.2, 0.25) is 0 Å². The van der Waals surface area contributed by atoms with Crippen LogP contribution in [0, 0.1) is 0 Å². The van der Waals surface area contributed by atoms with Gasteiger partial charge in [-0.25, -0.2) is 23.1 Å². The second-order valence-electron chi connectivity index (χ2n) is 6.27. The first-order valence-electron chi connectivity index (χ1n) is 6.75. The van der Waals surface area contributed by atoms with Gasteiger partial charge in [-0.1, -0.05) is 6.92 Å². The summed E-state index contributed by atoms with van der Waals surface area (Å²) >= 11 is -0.833. The van der Waals surface area contributed by atoms with E-state index < -0.39 is 40.2 Å². The van der Waals surface area contributed by atoms with Gasteiger partial charge in [-0.2, -0.15) is 0 Å². The van der Waals surface area contributed by atoms with Crippen molar-refractivity contribution in [2.45, 2.75) is 49.5 Å². The molecular formula is C8H24Al4MgO13Si3. The van der Waals surface area contributed by atoms with Gasteiger partial charge in [0, 0.05) is 0 Å². The zero-order valence-corrected chi connectivity index (χ0v) is 26.3. The maximum atomic E-state index is 8.80. The fraction of sp³-hybridized carbons (Fsp3) is 1.00. The number of rotatable bonds is 1. The van der Waals surface area contributed by atoms with Crippen LogP contribution in [0.2, 0.25) is 23.1 Å². The van der Waals surface area contributed by atoms with Crippen LogP contribution in [0.3, 0.4) is 0 Å². The Bertz CT molecular complexity index is 213. The van der Waals surface area contributed by atoms with E-state index in [9.17, 15) is 0 Å². The number of aliphatic hydroxyl groups is 1. The van der Waals surface area contributed by atoms with Crippen LogP contribution in [0.5, 0.6) is 0 Å². The van der Waals surface area contributed by atoms with Gasteiger partial charge in [-0.15, -0.1) is 0 Å². The van der Waals surface area contributed by atoms with Crippen LogP contribution in [0.15, 0.2) is 0 Å². The average molecular weight is 545 g/mol. The first kappa shape index (κ1) is 58.1. The third kappa shape index (κ3) is 1030. The van der Waals surface area contributed by atoms with E-state index in [1.807, 2.05) is 6.92 Å². The summed E-state index contributed by atoms with van der Waals surface area (Å²) in [6.45, 7) is 3.73. The van der Waals surface area contributed by atoms with Crippen molar-refractivity contribution in [2.24, 2.45) is 0 Å². The van der Waals surface area contributed by atoms with Crippen LogP contribution in [-0.4, -0.2) is 136 Å². The van der Waals surface area contributed by atoms with E-state index in [0.29, 0.717) is 0 Å². The summed E-state index contributed by atoms with van der Waals surface area (Å²) in [7, 11) is -16.3. The van der Waals surface area contributed by atoms with Crippen molar-refractivity contribution in [2.75, 3.05) is 0 Å². The molecule has 0 amide bonds. The summed E-state index contributed by atoms with van der Waals surface area (Å²) in [5.74, 6) is 9.42. The van der Waals surface area contributed by atoms with Crippen LogP contribution in [0.25, 0.3) is 0 Å². The van der Waals surface area contributed by atoms with Gasteiger partial charge in [0.15, 0.2) is 0 Å². The minimum absolute atomic E-state index is 0. The van der Waals surface area contributed by atoms with Crippen LogP contribution in [-0.2, 0) is 0 Å². The Labute approximate surface area is 225 Å². The molecule has 1 atom stereocenters. The minimum atomic E-state index is -5.61. The molecule has 0 aliphatic carbocycles. The first-order valence-corrected chi connectivity index (χ1v) is 16.3. The second-order valence-corrected chi connectivity index (χ2v) is 16.3. The molecule has 0 rings (SSSR count). The van der Waals surface area contributed by atoms with E-state index in [0.717, 1.165) is 6.42 Å². The molecule has 0 aromatic carbocycles. The molecule has 0 bridgehead atoms. The predicted molar refractivity (Wildman–Crippen MR) is 95.9 cm³/mol. The van der Waals surface area contributed by atoms with E-state index in [1.54, 1.807) is 6.92 Å². The van der Waals surface area contributed by atoms with Gasteiger partial charge in [0.25, 0.3) is 0 Å². The average Bonchev–Trinajstić information content (AvgIpc) is 2.05. The molecule has 0 aliphatic heterocycles. The standard InChI is InChI=1S/C4H10O.4CH3.4Al.Mg.H2O4Si.2O4Si/c1-3-4(2)5;;;;;;;;;;3*1-5(2,3)4/h4-5H,3H2,1-2H3;4*1H3;;;;;;1-2H;;/q;;;;;-1;3*+3;+2;-2;2*-4. The van der Waals surface area contributed by atoms with Gasteiger partial charge in [0.1, 0.15) is 22.1 Å². The summed E-state index contributed by atoms with van der Waals surface area (Å²) in [5, 5.41) is 8.36. The van der Waals surface area contributed by atoms with E-state index in [-0.39, 0.29) is 81.2 Å². The van der Waals surface area contributed by atoms with Crippen LogP contribution >= 0.6 is 0 Å². The van der Waals surface area contributed by atoms with Crippen molar-refractivity contribution in [1.29, 1.82) is 0 Å². The van der Waals surface area contributed by atoms with Crippen molar-refractivity contribution >= 4 is 115 Å². The Hall–Kier alpha value is 3.03. The van der Waals surface area contributed by atoms with Crippen LogP contribution in [0.4, 0.5) is 0 Å². The largest absolute Gasteiger partial charge is 3.00 e. The van der Waals surface area contributed by atoms with Crippen LogP contribution in [0.1, 0.15) is 20.3 Å². The smallest absolute Gasteiger partial charge is 0.894 e. The molecule has 21 heteroatoms. The van der Waals surface area contributed by atoms with Gasteiger partial charge < -0.3 is 80.8 Å². The molecule has 29 heavy (non-hydrogen) atoms. The fourth-order valence-corrected chi connectivity index (χ4v) is 0. The maximum absolute atomic E-state index is 8.80. The molecular weight excluding hydrogens is 521 g/mol. The third-order valence-electron chi connectivity index (χ3n) is 0.591. The number of aliphatic hydroxyl groups excluding tert-OH is 1. The van der Waals surface area contributed by atoms with Crippen molar-refractivity contribution in [3.05, 3.63) is 0 Å². The zero-order chi connectivity index (χ0) is 22.3. The molecule has 0 aromatic rings. The zero-order valence-electron chi connectivity index (χ0n) is 17.2. The maximum Gasteiger partial charge on any atom is 3.00 e. The Morgan fingerprint density at radius 1 is 0.690 bits per heavy atom. The van der Waals surface area contributed by atoms with Crippen molar-refractivity contribution in [1.82, 2.24) is 0 Å². The minimum Gasteiger partial charge on any atom is -0.894 e. The molecule has 160 valence electrons. The summed E-state index contributed by atoms with van der Waals surface area (Å²) in [5.41, 5.74) is 0. The van der Waals surface area contributed by atoms with E-state index in [1.165, 1.54) is 0 Å². The molecule has 0 aromatic heterocycles. The molecule has 13 nitrogen and oxygen atoms in total. The molecule has 0 saturated heterocycles. The summed E-state index contributed by atoms with van der Waals surface area (Å²) in [6, 6.07) is 0. The summed E-state index contributed by atoms with van der Waals surface area (Å²) in [6.07, 6.45) is 0.745. The Morgan fingerprint density at radius 3 is 0.724 bits per heavy atom. The van der Waals surface area contributed by atoms with Crippen molar-refractivity contribution < 1.29 is 62.7 Å². The Morgan fingerprint density at radius 2 is 0.724 bits per heavy atom. The summed E-state index contributed by atoms with van der Waals surface area (Å²) in [4.78, 5) is 100. The fourth-order valence-electron chi connectivity index (χ4n) is 0. The van der Waals surface area contributed by atoms with E-state index >= 15 is 0 Å². The SMILES string of the molecule is CCC(C)O.[Al+3].[Al+3].[Al+3].[CH3][Al-]([CH3])([CH3])[CH3].[Mg+2].[O-][Si]([O-])(O)O.[O-][Si]([O-])([O-])[O-].[O-][Si]([O-])([O-])[O-]. The normalized spacial score (nSPS) is 10.9. The van der Waals surface area contributed by atoms with E-state index in [4.69, 9.17) is 62.7 Å².